The minimum absolute atomic E-state index is 0.0165. The molecule has 2 aromatic carbocycles. The molecule has 1 saturated heterocycles. The lowest BCUT2D eigenvalue weighted by Gasteiger charge is -2.32. The smallest absolute Gasteiger partial charge is 0.317 e. The van der Waals surface area contributed by atoms with Gasteiger partial charge in [0, 0.05) is 57.0 Å². The number of methoxy groups -OCH3 is 1. The maximum absolute atomic E-state index is 14.5. The number of carbonyl (C=O) groups excluding carboxylic acids is 1. The summed E-state index contributed by atoms with van der Waals surface area (Å²) in [6.45, 7) is 3.64. The quantitative estimate of drug-likeness (QED) is 0.418. The molecule has 0 spiro atoms. The summed E-state index contributed by atoms with van der Waals surface area (Å²) >= 11 is 5.94. The van der Waals surface area contributed by atoms with Crippen LogP contribution >= 0.6 is 11.6 Å². The van der Waals surface area contributed by atoms with E-state index in [1.54, 1.807) is 31.4 Å². The second-order valence-corrected chi connectivity index (χ2v) is 9.62. The molecule has 5 rings (SSSR count). The zero-order valence-corrected chi connectivity index (χ0v) is 21.9. The third kappa shape index (κ3) is 5.85. The van der Waals surface area contributed by atoms with Crippen molar-refractivity contribution in [1.82, 2.24) is 25.1 Å². The van der Waals surface area contributed by atoms with Crippen LogP contribution < -0.4 is 20.1 Å². The van der Waals surface area contributed by atoms with E-state index in [2.05, 4.69) is 37.8 Å². The average molecular weight is 541 g/mol. The van der Waals surface area contributed by atoms with Gasteiger partial charge in [0.1, 0.15) is 18.2 Å². The molecule has 1 aromatic heterocycles. The van der Waals surface area contributed by atoms with Crippen LogP contribution in [0, 0.1) is 5.82 Å². The van der Waals surface area contributed by atoms with Gasteiger partial charge < -0.3 is 29.9 Å². The van der Waals surface area contributed by atoms with Gasteiger partial charge in [-0.1, -0.05) is 23.7 Å². The second kappa shape index (κ2) is 11.7. The molecular formula is C27H30ClFN6O3. The van der Waals surface area contributed by atoms with E-state index in [0.717, 1.165) is 19.5 Å². The maximum Gasteiger partial charge on any atom is 0.317 e. The lowest BCUT2D eigenvalue weighted by Crippen LogP contribution is -2.47. The molecule has 3 aromatic rings. The van der Waals surface area contributed by atoms with Crippen molar-refractivity contribution < 1.29 is 18.7 Å². The number of benzene rings is 2. The number of halogens is 2. The third-order valence-corrected chi connectivity index (χ3v) is 7.01. The highest BCUT2D eigenvalue weighted by Gasteiger charge is 2.25. The first-order valence-electron chi connectivity index (χ1n) is 12.7. The number of hydrogen-bond donors (Lipinski definition) is 2. The highest BCUT2D eigenvalue weighted by molar-refractivity contribution is 6.31. The van der Waals surface area contributed by atoms with Crippen LogP contribution in [0.1, 0.15) is 19.3 Å². The van der Waals surface area contributed by atoms with Crippen LogP contribution in [0.15, 0.2) is 48.9 Å². The summed E-state index contributed by atoms with van der Waals surface area (Å²) in [7, 11) is 1.57. The zero-order chi connectivity index (χ0) is 26.5. The molecule has 2 N–H and O–H groups in total. The Balaban J connectivity index is 1.24. The Morgan fingerprint density at radius 1 is 1.18 bits per heavy atom. The van der Waals surface area contributed by atoms with Gasteiger partial charge in [0.15, 0.2) is 17.3 Å². The predicted octanol–water partition coefficient (Wildman–Crippen LogP) is 4.95. The van der Waals surface area contributed by atoms with Crippen molar-refractivity contribution in [3.05, 3.63) is 59.8 Å². The van der Waals surface area contributed by atoms with Crippen molar-refractivity contribution >= 4 is 40.0 Å². The number of rotatable bonds is 8. The minimum atomic E-state index is -0.561. The van der Waals surface area contributed by atoms with Crippen LogP contribution in [-0.2, 0) is 0 Å². The monoisotopic (exact) mass is 540 g/mol. The largest absolute Gasteiger partial charge is 0.493 e. The Bertz CT molecular complexity index is 1330. The van der Waals surface area contributed by atoms with Crippen LogP contribution in [0.25, 0.3) is 10.9 Å². The number of amides is 2. The van der Waals surface area contributed by atoms with Crippen molar-refractivity contribution in [1.29, 1.82) is 0 Å². The third-order valence-electron chi connectivity index (χ3n) is 6.72. The van der Waals surface area contributed by atoms with Crippen molar-refractivity contribution in [2.75, 3.05) is 45.2 Å². The van der Waals surface area contributed by atoms with Crippen LogP contribution in [0.4, 0.5) is 20.7 Å². The number of ether oxygens (including phenoxy) is 2. The first kappa shape index (κ1) is 25.8. The predicted molar refractivity (Wildman–Crippen MR) is 145 cm³/mol. The Hall–Kier alpha value is -3.79. The fourth-order valence-corrected chi connectivity index (χ4v) is 4.82. The van der Waals surface area contributed by atoms with Crippen molar-refractivity contribution in [3.63, 3.8) is 0 Å². The number of carbonyl (C=O) groups is 1. The molecule has 38 heavy (non-hydrogen) atoms. The van der Waals surface area contributed by atoms with E-state index in [-0.39, 0.29) is 22.8 Å². The van der Waals surface area contributed by atoms with Crippen LogP contribution in [0.2, 0.25) is 5.02 Å². The number of nitrogens with zero attached hydrogens (tertiary/aromatic N) is 4. The number of likely N-dealkylation sites (tertiary alicyclic amines) is 1. The van der Waals surface area contributed by atoms with E-state index in [1.165, 1.54) is 12.4 Å². The maximum atomic E-state index is 14.5. The molecule has 0 radical (unpaired) electrons. The van der Waals surface area contributed by atoms with Gasteiger partial charge in [-0.3, -0.25) is 0 Å². The van der Waals surface area contributed by atoms with Crippen LogP contribution in [-0.4, -0.2) is 71.7 Å². The summed E-state index contributed by atoms with van der Waals surface area (Å²) in [4.78, 5) is 25.3. The number of piperidine rings is 1. The van der Waals surface area contributed by atoms with Gasteiger partial charge in [-0.15, -0.1) is 0 Å². The van der Waals surface area contributed by atoms with Gasteiger partial charge in [-0.05, 0) is 30.8 Å². The molecule has 2 aliphatic heterocycles. The molecule has 0 bridgehead atoms. The zero-order valence-electron chi connectivity index (χ0n) is 21.1. The second-order valence-electron chi connectivity index (χ2n) is 9.21. The number of hydrogen-bond acceptors (Lipinski definition) is 7. The fraction of sp³-hybridized carbons (Fsp3) is 0.370. The van der Waals surface area contributed by atoms with Crippen molar-refractivity contribution in [2.24, 2.45) is 0 Å². The molecule has 200 valence electrons. The van der Waals surface area contributed by atoms with E-state index in [4.69, 9.17) is 21.1 Å². The van der Waals surface area contributed by atoms with Gasteiger partial charge in [-0.25, -0.2) is 19.2 Å². The molecule has 0 aliphatic carbocycles. The summed E-state index contributed by atoms with van der Waals surface area (Å²) in [5.41, 5.74) is 0.823. The fourth-order valence-electron chi connectivity index (χ4n) is 4.64. The Labute approximate surface area is 225 Å². The highest BCUT2D eigenvalue weighted by Crippen LogP contribution is 2.36. The van der Waals surface area contributed by atoms with Crippen LogP contribution in [0.3, 0.4) is 0 Å². The molecule has 0 unspecified atom stereocenters. The molecule has 3 heterocycles. The molecule has 2 aliphatic rings. The molecule has 0 saturated carbocycles. The van der Waals surface area contributed by atoms with E-state index >= 15 is 0 Å². The SMILES string of the molecule is COc1cc2ncnc(Nc3cccc(Cl)c3F)c2cc1OC1CCN(C(=O)NCCN2C=CCC2)CC1. The van der Waals surface area contributed by atoms with E-state index in [9.17, 15) is 9.18 Å². The van der Waals surface area contributed by atoms with Gasteiger partial charge in [0.2, 0.25) is 0 Å². The summed E-state index contributed by atoms with van der Waals surface area (Å²) in [6, 6.07) is 8.25. The summed E-state index contributed by atoms with van der Waals surface area (Å²) in [6.07, 6.45) is 7.97. The van der Waals surface area contributed by atoms with Crippen molar-refractivity contribution in [3.8, 4) is 11.5 Å². The Morgan fingerprint density at radius 2 is 2.03 bits per heavy atom. The molecule has 2 amide bonds. The first-order valence-corrected chi connectivity index (χ1v) is 13.0. The number of urea groups is 1. The number of fused-ring (bicyclic) bond motifs is 1. The first-order chi connectivity index (χ1) is 18.5. The molecular weight excluding hydrogens is 511 g/mol. The average Bonchev–Trinajstić information content (AvgIpc) is 3.45. The standard InChI is InChI=1S/C27H30ClFN6O3/c1-37-23-16-22-19(26(32-17-31-22)33-21-6-4-5-20(28)25(21)29)15-24(23)38-18-7-12-35(13-8-18)27(36)30-9-14-34-10-2-3-11-34/h2,4-6,10,15-18H,3,7-9,11-14H2,1H3,(H,30,36)(H,31,32,33). The number of anilines is 2. The molecule has 1 fully saturated rings. The van der Waals surface area contributed by atoms with Crippen molar-refractivity contribution in [2.45, 2.75) is 25.4 Å². The highest BCUT2D eigenvalue weighted by atomic mass is 35.5. The molecule has 11 heteroatoms. The lowest BCUT2D eigenvalue weighted by atomic mass is 10.1. The number of aromatic nitrogens is 2. The summed E-state index contributed by atoms with van der Waals surface area (Å²) in [5, 5.41) is 6.69. The lowest BCUT2D eigenvalue weighted by molar-refractivity contribution is 0.108. The normalized spacial score (nSPS) is 15.7. The number of nitrogens with one attached hydrogen (secondary N) is 2. The van der Waals surface area contributed by atoms with E-state index in [0.29, 0.717) is 60.7 Å². The topological polar surface area (TPSA) is 91.9 Å². The van der Waals surface area contributed by atoms with Gasteiger partial charge in [0.25, 0.3) is 0 Å². The van der Waals surface area contributed by atoms with Gasteiger partial charge in [-0.2, -0.15) is 0 Å². The van der Waals surface area contributed by atoms with E-state index < -0.39 is 5.82 Å². The van der Waals surface area contributed by atoms with Gasteiger partial charge in [0.05, 0.1) is 23.3 Å². The van der Waals surface area contributed by atoms with Gasteiger partial charge >= 0.3 is 6.03 Å². The summed E-state index contributed by atoms with van der Waals surface area (Å²) < 4.78 is 26.4. The van der Waals surface area contributed by atoms with E-state index in [1.807, 2.05) is 4.90 Å². The summed E-state index contributed by atoms with van der Waals surface area (Å²) in [5.74, 6) is 0.924. The molecule has 9 nitrogen and oxygen atoms in total. The Kier molecular flexibility index (Phi) is 7.97. The Morgan fingerprint density at radius 3 is 2.79 bits per heavy atom. The van der Waals surface area contributed by atoms with Crippen LogP contribution in [0.5, 0.6) is 11.5 Å². The molecule has 0 atom stereocenters. The minimum Gasteiger partial charge on any atom is -0.493 e.